The van der Waals surface area contributed by atoms with Crippen LogP contribution in [0.2, 0.25) is 0 Å². The molecule has 2 N–H and O–H groups in total. The van der Waals surface area contributed by atoms with Crippen molar-refractivity contribution in [1.29, 1.82) is 0 Å². The van der Waals surface area contributed by atoms with Gasteiger partial charge in [0.1, 0.15) is 11.8 Å². The number of rotatable bonds is 17. The first-order chi connectivity index (χ1) is 32.2. The minimum atomic E-state index is -0.673. The van der Waals surface area contributed by atoms with Gasteiger partial charge in [0.15, 0.2) is 11.5 Å². The lowest BCUT2D eigenvalue weighted by Gasteiger charge is -2.43. The average molecular weight is 903 g/mol. The monoisotopic (exact) mass is 902 g/mol. The van der Waals surface area contributed by atoms with Crippen LogP contribution in [0.3, 0.4) is 0 Å². The molecule has 0 bridgehead atoms. The number of pyridine rings is 1. The first kappa shape index (κ1) is 46.3. The number of piperidine rings is 3. The summed E-state index contributed by atoms with van der Waals surface area (Å²) >= 11 is 0. The van der Waals surface area contributed by atoms with Crippen molar-refractivity contribution in [3.63, 3.8) is 0 Å². The van der Waals surface area contributed by atoms with Crippen molar-refractivity contribution in [1.82, 2.24) is 45.4 Å². The third kappa shape index (κ3) is 11.8. The molecular formula is C49H62N10O7. The highest BCUT2D eigenvalue weighted by Gasteiger charge is 2.40. The van der Waals surface area contributed by atoms with E-state index in [1.807, 2.05) is 40.1 Å². The summed E-state index contributed by atoms with van der Waals surface area (Å²) in [4.78, 5) is 89.9. The Morgan fingerprint density at radius 1 is 0.818 bits per heavy atom. The second-order valence-corrected chi connectivity index (χ2v) is 18.0. The number of nitrogens with one attached hydrogen (secondary N) is 2. The second-order valence-electron chi connectivity index (χ2n) is 18.0. The Morgan fingerprint density at radius 3 is 2.38 bits per heavy atom. The van der Waals surface area contributed by atoms with Gasteiger partial charge in [0, 0.05) is 107 Å². The summed E-state index contributed by atoms with van der Waals surface area (Å²) in [5.74, 6) is 1.00. The summed E-state index contributed by atoms with van der Waals surface area (Å²) in [5, 5.41) is 14.1. The van der Waals surface area contributed by atoms with E-state index < -0.39 is 11.9 Å². The average Bonchev–Trinajstić information content (AvgIpc) is 3.69. The van der Waals surface area contributed by atoms with E-state index in [0.29, 0.717) is 80.9 Å². The number of aromatic nitrogens is 3. The molecule has 66 heavy (non-hydrogen) atoms. The Morgan fingerprint density at radius 2 is 1.64 bits per heavy atom. The van der Waals surface area contributed by atoms with Crippen molar-refractivity contribution in [3.05, 3.63) is 83.3 Å². The van der Waals surface area contributed by atoms with Crippen LogP contribution in [0.25, 0.3) is 6.08 Å². The Hall–Kier alpha value is -6.23. The fourth-order valence-electron chi connectivity index (χ4n) is 9.88. The molecule has 3 aromatic rings. The quantitative estimate of drug-likeness (QED) is 0.113. The van der Waals surface area contributed by atoms with Gasteiger partial charge in [-0.1, -0.05) is 25.0 Å². The van der Waals surface area contributed by atoms with Gasteiger partial charge in [-0.05, 0) is 99.3 Å². The van der Waals surface area contributed by atoms with Gasteiger partial charge in [-0.3, -0.25) is 44.0 Å². The van der Waals surface area contributed by atoms with Crippen molar-refractivity contribution in [3.8, 4) is 5.75 Å². The number of imide groups is 1. The summed E-state index contributed by atoms with van der Waals surface area (Å²) in [6.07, 6.45) is 16.1. The third-order valence-corrected chi connectivity index (χ3v) is 13.8. The Labute approximate surface area is 386 Å². The number of nitrogens with zero attached hydrogens (tertiary/aromatic N) is 8. The lowest BCUT2D eigenvalue weighted by atomic mass is 9.91. The molecule has 17 nitrogen and oxygen atoms in total. The fourth-order valence-corrected chi connectivity index (χ4v) is 9.88. The highest BCUT2D eigenvalue weighted by atomic mass is 16.5. The number of piperazine rings is 1. The molecule has 0 spiro atoms. The van der Waals surface area contributed by atoms with Crippen LogP contribution in [0.1, 0.15) is 109 Å². The minimum absolute atomic E-state index is 0.0619. The number of carbonyl (C=O) groups is 6. The van der Waals surface area contributed by atoms with Crippen molar-refractivity contribution < 1.29 is 33.5 Å². The van der Waals surface area contributed by atoms with Crippen molar-refractivity contribution >= 4 is 47.3 Å². The number of ether oxygens (including phenoxy) is 1. The van der Waals surface area contributed by atoms with E-state index in [1.54, 1.807) is 36.7 Å². The summed E-state index contributed by atoms with van der Waals surface area (Å²) < 4.78 is 6.09. The topological polar surface area (TPSA) is 191 Å². The zero-order valence-corrected chi connectivity index (χ0v) is 37.8. The molecule has 0 saturated carbocycles. The smallest absolute Gasteiger partial charge is 0.274 e. The molecule has 5 aliphatic rings. The number of benzene rings is 1. The molecule has 1 aromatic carbocycles. The number of amides is 6. The zero-order valence-electron chi connectivity index (χ0n) is 37.8. The molecule has 350 valence electrons. The van der Waals surface area contributed by atoms with E-state index >= 15 is 0 Å². The number of unbranched alkanes of at least 4 members (excludes halogenated alkanes) is 2. The number of fused-ring (bicyclic) bond motifs is 1. The molecule has 0 radical (unpaired) electrons. The highest BCUT2D eigenvalue weighted by Crippen LogP contribution is 2.34. The van der Waals surface area contributed by atoms with Crippen LogP contribution in [0, 0.1) is 5.92 Å². The zero-order chi connectivity index (χ0) is 45.8. The normalized spacial score (nSPS) is 19.9. The third-order valence-electron chi connectivity index (χ3n) is 13.8. The van der Waals surface area contributed by atoms with E-state index in [9.17, 15) is 28.8 Å². The Balaban J connectivity index is 0.671. The van der Waals surface area contributed by atoms with Crippen LogP contribution in [0.5, 0.6) is 5.75 Å². The van der Waals surface area contributed by atoms with Crippen LogP contribution in [-0.4, -0.2) is 148 Å². The molecule has 7 heterocycles. The van der Waals surface area contributed by atoms with Gasteiger partial charge in [0.05, 0.1) is 13.2 Å². The maximum atomic E-state index is 13.3. The van der Waals surface area contributed by atoms with Gasteiger partial charge in [-0.2, -0.15) is 0 Å². The van der Waals surface area contributed by atoms with E-state index in [-0.39, 0.29) is 42.5 Å². The summed E-state index contributed by atoms with van der Waals surface area (Å²) in [6, 6.07) is 12.6. The number of hydrogen-bond acceptors (Lipinski definition) is 12. The van der Waals surface area contributed by atoms with E-state index in [1.165, 1.54) is 4.90 Å². The number of anilines is 1. The molecule has 5 aliphatic heterocycles. The Kier molecular flexibility index (Phi) is 15.7. The number of carbonyl (C=O) groups excluding carboxylic acids is 6. The van der Waals surface area contributed by atoms with Crippen LogP contribution in [-0.2, 0) is 25.7 Å². The van der Waals surface area contributed by atoms with Crippen LogP contribution >= 0.6 is 0 Å². The maximum Gasteiger partial charge on any atom is 0.274 e. The van der Waals surface area contributed by atoms with Crippen LogP contribution in [0.15, 0.2) is 60.9 Å². The number of likely N-dealkylation sites (tertiary alicyclic amines) is 1. The highest BCUT2D eigenvalue weighted by molar-refractivity contribution is 6.05. The second kappa shape index (κ2) is 22.3. The van der Waals surface area contributed by atoms with E-state index in [2.05, 4.69) is 35.6 Å². The van der Waals surface area contributed by atoms with Gasteiger partial charge in [0.2, 0.25) is 23.6 Å². The molecule has 2 aromatic heterocycles. The minimum Gasteiger partial charge on any atom is -0.493 e. The largest absolute Gasteiger partial charge is 0.493 e. The van der Waals surface area contributed by atoms with Crippen molar-refractivity contribution in [2.24, 2.45) is 5.92 Å². The molecule has 17 heteroatoms. The van der Waals surface area contributed by atoms with Gasteiger partial charge < -0.3 is 29.7 Å². The molecular weight excluding hydrogens is 841 g/mol. The first-order valence-electron chi connectivity index (χ1n) is 23.8. The van der Waals surface area contributed by atoms with E-state index in [0.717, 1.165) is 101 Å². The van der Waals surface area contributed by atoms with Gasteiger partial charge in [-0.15, -0.1) is 10.2 Å². The van der Waals surface area contributed by atoms with Crippen LogP contribution in [0.4, 0.5) is 5.82 Å². The molecule has 1 unspecified atom stereocenters. The molecule has 4 fully saturated rings. The summed E-state index contributed by atoms with van der Waals surface area (Å²) in [5.41, 5.74) is 2.55. The van der Waals surface area contributed by atoms with E-state index in [4.69, 9.17) is 4.74 Å². The molecule has 0 aliphatic carbocycles. The maximum absolute atomic E-state index is 13.3. The lowest BCUT2D eigenvalue weighted by molar-refractivity contribution is -0.137. The molecule has 4 saturated heterocycles. The fraction of sp³-hybridized carbons (Fsp3) is 0.531. The predicted octanol–water partition coefficient (Wildman–Crippen LogP) is 3.85. The number of hydrogen-bond donors (Lipinski definition) is 2. The molecule has 8 rings (SSSR count). The first-order valence-corrected chi connectivity index (χ1v) is 23.8. The standard InChI is InChI=1S/C49H62N10O7/c60-44(16-12-36-8-6-22-50-33-36)51-23-3-1-7-35-18-24-58(25-19-35)49(65)40-13-15-43(54-53-40)56-26-20-37(21-27-56)55-28-30-57(31-29-55)46(62)11-2-4-32-66-42-10-5-9-38-39(42)34-59(48(38)64)41-14-17-45(61)52-47(41)63/h5-6,8-10,12-13,15-16,22,33,35,37,41H,1-4,7,11,14,17-21,23-32,34H2,(H,51,60)(H,52,61,63)/b16-12+. The summed E-state index contributed by atoms with van der Waals surface area (Å²) in [7, 11) is 0. The van der Waals surface area contributed by atoms with Crippen molar-refractivity contribution in [2.75, 3.05) is 70.4 Å². The lowest BCUT2D eigenvalue weighted by Crippen LogP contribution is -2.54. The SMILES string of the molecule is O=C(/C=C/c1cccnc1)NCCCCC1CCN(C(=O)c2ccc(N3CCC(N4CCN(C(=O)CCCCOc5cccc6c5CN(C5CCC(=O)NC5=O)C6=O)CC4)CC3)nn2)CC1. The van der Waals surface area contributed by atoms with Gasteiger partial charge >= 0.3 is 0 Å². The van der Waals surface area contributed by atoms with Crippen molar-refractivity contribution in [2.45, 2.75) is 95.7 Å². The van der Waals surface area contributed by atoms with Gasteiger partial charge in [0.25, 0.3) is 11.8 Å². The molecule has 1 atom stereocenters. The predicted molar refractivity (Wildman–Crippen MR) is 246 cm³/mol. The summed E-state index contributed by atoms with van der Waals surface area (Å²) in [6.45, 7) is 7.61. The van der Waals surface area contributed by atoms with Crippen LogP contribution < -0.4 is 20.3 Å². The Bertz CT molecular complexity index is 2220. The van der Waals surface area contributed by atoms with Gasteiger partial charge in [-0.25, -0.2) is 0 Å². The molecule has 6 amide bonds.